The van der Waals surface area contributed by atoms with E-state index in [9.17, 15) is 0 Å². The summed E-state index contributed by atoms with van der Waals surface area (Å²) in [6, 6.07) is 0.583. The van der Waals surface area contributed by atoms with Gasteiger partial charge < -0.3 is 20.1 Å². The molecule has 2 heterocycles. The summed E-state index contributed by atoms with van der Waals surface area (Å²) >= 11 is 0. The monoisotopic (exact) mass is 435 g/mol. The van der Waals surface area contributed by atoms with Crippen LogP contribution in [0.1, 0.15) is 32.5 Å². The van der Waals surface area contributed by atoms with E-state index < -0.39 is 0 Å². The van der Waals surface area contributed by atoms with Gasteiger partial charge in [0.1, 0.15) is 12.2 Å². The van der Waals surface area contributed by atoms with Gasteiger partial charge in [-0.1, -0.05) is 6.92 Å². The number of aliphatic imine (C=N–C) groups is 1. The van der Waals surface area contributed by atoms with Gasteiger partial charge in [-0.25, -0.2) is 0 Å². The third-order valence-corrected chi connectivity index (χ3v) is 4.13. The number of hydrogen-bond acceptors (Lipinski definition) is 4. The molecule has 1 aliphatic rings. The van der Waals surface area contributed by atoms with Crippen molar-refractivity contribution in [3.05, 3.63) is 12.2 Å². The number of aryl methyl sites for hydroxylation is 1. The molecule has 1 fully saturated rings. The van der Waals surface area contributed by atoms with Crippen molar-refractivity contribution in [3.8, 4) is 0 Å². The lowest BCUT2D eigenvalue weighted by atomic mass is 10.2. The number of hydrogen-bond donors (Lipinski definition) is 2. The van der Waals surface area contributed by atoms with Crippen LogP contribution >= 0.6 is 24.0 Å². The van der Waals surface area contributed by atoms with Gasteiger partial charge in [0.15, 0.2) is 5.96 Å². The van der Waals surface area contributed by atoms with E-state index in [1.165, 1.54) is 19.4 Å². The number of guanidine groups is 1. The van der Waals surface area contributed by atoms with Crippen LogP contribution in [0.15, 0.2) is 11.3 Å². The summed E-state index contributed by atoms with van der Waals surface area (Å²) in [4.78, 5) is 7.12. The number of halogens is 1. The normalized spacial score (nSPS) is 18.7. The van der Waals surface area contributed by atoms with E-state index in [-0.39, 0.29) is 24.0 Å². The first-order valence-electron chi connectivity index (χ1n) is 8.33. The van der Waals surface area contributed by atoms with Crippen molar-refractivity contribution in [2.75, 3.05) is 33.2 Å². The van der Waals surface area contributed by atoms with Crippen LogP contribution in [-0.2, 0) is 13.0 Å². The topological polar surface area (TPSA) is 70.4 Å². The first-order chi connectivity index (χ1) is 10.7. The number of nitrogens with zero attached hydrogens (tertiary/aromatic N) is 5. The average molecular weight is 435 g/mol. The first kappa shape index (κ1) is 20.1. The maximum atomic E-state index is 4.72. The van der Waals surface area contributed by atoms with Crippen molar-refractivity contribution in [1.82, 2.24) is 30.3 Å². The fourth-order valence-corrected chi connectivity index (χ4v) is 2.78. The second-order valence-corrected chi connectivity index (χ2v) is 5.72. The lowest BCUT2D eigenvalue weighted by Gasteiger charge is -2.18. The Morgan fingerprint density at radius 2 is 2.22 bits per heavy atom. The van der Waals surface area contributed by atoms with Gasteiger partial charge in [-0.05, 0) is 33.4 Å². The molecule has 7 nitrogen and oxygen atoms in total. The minimum Gasteiger partial charge on any atom is -0.357 e. The van der Waals surface area contributed by atoms with Crippen molar-refractivity contribution < 1.29 is 0 Å². The Balaban J connectivity index is 0.00000264. The average Bonchev–Trinajstić information content (AvgIpc) is 3.13. The molecule has 0 bridgehead atoms. The highest BCUT2D eigenvalue weighted by Gasteiger charge is 2.20. The summed E-state index contributed by atoms with van der Waals surface area (Å²) in [5, 5.41) is 14.8. The summed E-state index contributed by atoms with van der Waals surface area (Å²) in [6.45, 7) is 8.78. The molecule has 0 spiro atoms. The highest BCUT2D eigenvalue weighted by Crippen LogP contribution is 2.14. The minimum atomic E-state index is 0. The van der Waals surface area contributed by atoms with Gasteiger partial charge in [0.2, 0.25) is 0 Å². The van der Waals surface area contributed by atoms with Crippen LogP contribution in [-0.4, -0.2) is 64.9 Å². The van der Waals surface area contributed by atoms with E-state index in [0.717, 1.165) is 44.4 Å². The molecule has 1 aliphatic heterocycles. The Labute approximate surface area is 156 Å². The molecular formula is C15H30IN7. The van der Waals surface area contributed by atoms with E-state index in [2.05, 4.69) is 51.2 Å². The molecule has 23 heavy (non-hydrogen) atoms. The zero-order chi connectivity index (χ0) is 15.8. The molecular weight excluding hydrogens is 405 g/mol. The second-order valence-electron chi connectivity index (χ2n) is 5.72. The Morgan fingerprint density at radius 1 is 1.39 bits per heavy atom. The molecule has 0 radical (unpaired) electrons. The van der Waals surface area contributed by atoms with Gasteiger partial charge in [-0.15, -0.1) is 34.2 Å². The van der Waals surface area contributed by atoms with Gasteiger partial charge in [-0.3, -0.25) is 4.99 Å². The molecule has 0 aliphatic carbocycles. The third kappa shape index (κ3) is 6.25. The lowest BCUT2D eigenvalue weighted by molar-refractivity contribution is 0.317. The number of nitrogens with one attached hydrogen (secondary N) is 2. The SMILES string of the molecule is CCNC(=NCC1CCCN1C)NCCn1cnnc1CC.I. The molecule has 0 amide bonds. The van der Waals surface area contributed by atoms with E-state index >= 15 is 0 Å². The van der Waals surface area contributed by atoms with E-state index in [1.807, 2.05) is 0 Å². The van der Waals surface area contributed by atoms with Crippen molar-refractivity contribution >= 4 is 29.9 Å². The van der Waals surface area contributed by atoms with E-state index in [0.29, 0.717) is 6.04 Å². The first-order valence-corrected chi connectivity index (χ1v) is 8.33. The van der Waals surface area contributed by atoms with Crippen molar-refractivity contribution in [1.29, 1.82) is 0 Å². The summed E-state index contributed by atoms with van der Waals surface area (Å²) in [5.74, 6) is 1.92. The molecule has 0 saturated carbocycles. The third-order valence-electron chi connectivity index (χ3n) is 4.13. The fraction of sp³-hybridized carbons (Fsp3) is 0.800. The van der Waals surface area contributed by atoms with Gasteiger partial charge in [0.05, 0.1) is 6.54 Å². The standard InChI is InChI=1S/C15H29N7.HI/c1-4-14-20-19-12-22(14)10-8-17-15(16-5-2)18-11-13-7-6-9-21(13)3;/h12-13H,4-11H2,1-3H3,(H2,16,17,18);1H. The number of aromatic nitrogens is 3. The Kier molecular flexibility index (Phi) is 9.46. The number of likely N-dealkylation sites (tertiary alicyclic amines) is 1. The van der Waals surface area contributed by atoms with Crippen molar-refractivity contribution in [2.24, 2.45) is 4.99 Å². The highest BCUT2D eigenvalue weighted by atomic mass is 127. The largest absolute Gasteiger partial charge is 0.357 e. The van der Waals surface area contributed by atoms with Gasteiger partial charge in [-0.2, -0.15) is 0 Å². The summed E-state index contributed by atoms with van der Waals surface area (Å²) in [7, 11) is 2.19. The maximum Gasteiger partial charge on any atom is 0.191 e. The van der Waals surface area contributed by atoms with Crippen LogP contribution in [0.25, 0.3) is 0 Å². The smallest absolute Gasteiger partial charge is 0.191 e. The molecule has 2 rings (SSSR count). The predicted octanol–water partition coefficient (Wildman–Crippen LogP) is 1.11. The Hall–Kier alpha value is -0.900. The molecule has 1 unspecified atom stereocenters. The Bertz CT molecular complexity index is 474. The van der Waals surface area contributed by atoms with Crippen molar-refractivity contribution in [3.63, 3.8) is 0 Å². The van der Waals surface area contributed by atoms with Crippen LogP contribution in [0.2, 0.25) is 0 Å². The molecule has 2 N–H and O–H groups in total. The van der Waals surface area contributed by atoms with Crippen LogP contribution in [0.5, 0.6) is 0 Å². The van der Waals surface area contributed by atoms with Gasteiger partial charge in [0, 0.05) is 32.1 Å². The molecule has 132 valence electrons. The fourth-order valence-electron chi connectivity index (χ4n) is 2.78. The zero-order valence-corrected chi connectivity index (χ0v) is 16.8. The van der Waals surface area contributed by atoms with Crippen LogP contribution in [0.4, 0.5) is 0 Å². The second kappa shape index (κ2) is 10.8. The van der Waals surface area contributed by atoms with Crippen LogP contribution in [0, 0.1) is 0 Å². The van der Waals surface area contributed by atoms with Gasteiger partial charge in [0.25, 0.3) is 0 Å². The molecule has 8 heteroatoms. The van der Waals surface area contributed by atoms with Gasteiger partial charge >= 0.3 is 0 Å². The summed E-state index contributed by atoms with van der Waals surface area (Å²) < 4.78 is 2.08. The molecule has 0 aromatic carbocycles. The minimum absolute atomic E-state index is 0. The van der Waals surface area contributed by atoms with E-state index in [1.54, 1.807) is 6.33 Å². The summed E-state index contributed by atoms with van der Waals surface area (Å²) in [6.07, 6.45) is 5.23. The van der Waals surface area contributed by atoms with Crippen molar-refractivity contribution in [2.45, 2.75) is 45.7 Å². The quantitative estimate of drug-likeness (QED) is 0.382. The van der Waals surface area contributed by atoms with E-state index in [4.69, 9.17) is 4.99 Å². The molecule has 1 atom stereocenters. The summed E-state index contributed by atoms with van der Waals surface area (Å²) in [5.41, 5.74) is 0. The molecule has 1 aromatic heterocycles. The molecule has 1 saturated heterocycles. The number of likely N-dealkylation sites (N-methyl/N-ethyl adjacent to an activating group) is 1. The van der Waals surface area contributed by atoms with Crippen LogP contribution in [0.3, 0.4) is 0 Å². The predicted molar refractivity (Wildman–Crippen MR) is 104 cm³/mol. The zero-order valence-electron chi connectivity index (χ0n) is 14.5. The highest BCUT2D eigenvalue weighted by molar-refractivity contribution is 14.0. The van der Waals surface area contributed by atoms with Crippen LogP contribution < -0.4 is 10.6 Å². The lowest BCUT2D eigenvalue weighted by Crippen LogP contribution is -2.40. The molecule has 1 aromatic rings. The maximum absolute atomic E-state index is 4.72. The number of rotatable bonds is 7. The Morgan fingerprint density at radius 3 is 2.87 bits per heavy atom.